The third kappa shape index (κ3) is 4.99. The lowest BCUT2D eigenvalue weighted by Crippen LogP contribution is -2.08. The summed E-state index contributed by atoms with van der Waals surface area (Å²) in [5, 5.41) is 10.3. The minimum atomic E-state index is -1.38. The lowest BCUT2D eigenvalue weighted by Gasteiger charge is -2.21. The van der Waals surface area contributed by atoms with Gasteiger partial charge in [-0.1, -0.05) is 66.2 Å². The number of benzene rings is 3. The fraction of sp³-hybridized carbons (Fsp3) is 0.0952. The average Bonchev–Trinajstić information content (AvgIpc) is 2.68. The summed E-state index contributed by atoms with van der Waals surface area (Å²) in [7, 11) is -1.38. The average molecular weight is 382 g/mol. The Hall–Kier alpha value is -2.53. The predicted octanol–water partition coefficient (Wildman–Crippen LogP) is 6.42. The van der Waals surface area contributed by atoms with Gasteiger partial charge in [-0.05, 0) is 35.9 Å². The second-order valence-corrected chi connectivity index (χ2v) is 7.33. The zero-order valence-corrected chi connectivity index (χ0v) is 15.6. The molecule has 0 heterocycles. The van der Waals surface area contributed by atoms with Crippen LogP contribution in [0, 0.1) is 11.3 Å². The zero-order valence-electron chi connectivity index (χ0n) is 14.0. The highest BCUT2D eigenvalue weighted by Gasteiger charge is 2.24. The van der Waals surface area contributed by atoms with E-state index >= 15 is 0 Å². The Balaban J connectivity index is 1.82. The first-order valence-corrected chi connectivity index (χ1v) is 9.88. The van der Waals surface area contributed by atoms with Crippen molar-refractivity contribution in [2.24, 2.45) is 0 Å². The van der Waals surface area contributed by atoms with Gasteiger partial charge in [0.25, 0.3) is 8.38 Å². The molecule has 0 amide bonds. The summed E-state index contributed by atoms with van der Waals surface area (Å²) in [4.78, 5) is 0. The maximum atomic E-state index is 9.68. The first-order valence-electron chi connectivity index (χ1n) is 8.14. The lowest BCUT2D eigenvalue weighted by molar-refractivity contribution is 0.487. The topological polar surface area (TPSA) is 42.2 Å². The van der Waals surface area contributed by atoms with Crippen molar-refractivity contribution >= 4 is 20.0 Å². The van der Waals surface area contributed by atoms with Gasteiger partial charge in [0.15, 0.2) is 0 Å². The first kappa shape index (κ1) is 18.3. The largest absolute Gasteiger partial charge is 0.439 e. The van der Waals surface area contributed by atoms with E-state index in [0.717, 1.165) is 5.56 Å². The molecule has 3 nitrogen and oxygen atoms in total. The van der Waals surface area contributed by atoms with Gasteiger partial charge in [-0.15, -0.1) is 0 Å². The summed E-state index contributed by atoms with van der Waals surface area (Å²) in [5.74, 6) is 1.01. The van der Waals surface area contributed by atoms with Crippen LogP contribution in [-0.4, -0.2) is 6.16 Å². The van der Waals surface area contributed by atoms with Crippen LogP contribution in [0.2, 0.25) is 5.02 Å². The molecule has 1 atom stereocenters. The Morgan fingerprint density at radius 3 is 1.81 bits per heavy atom. The molecule has 0 radical (unpaired) electrons. The molecule has 3 aromatic carbocycles. The molecular weight excluding hydrogens is 365 g/mol. The monoisotopic (exact) mass is 381 g/mol. The Morgan fingerprint density at radius 1 is 0.808 bits per heavy atom. The Morgan fingerprint density at radius 2 is 1.31 bits per heavy atom. The number of nitriles is 1. The van der Waals surface area contributed by atoms with Gasteiger partial charge >= 0.3 is 0 Å². The minimum Gasteiger partial charge on any atom is -0.439 e. The molecule has 0 N–H and O–H groups in total. The standard InChI is InChI=1S/C21H17ClNO2P/c22-21-14-8-7-13-20(21)17(15-23)16-26(24-18-9-3-1-4-10-18)25-19-11-5-2-6-12-19/h1-14,17H,16H2. The highest BCUT2D eigenvalue weighted by Crippen LogP contribution is 2.44. The lowest BCUT2D eigenvalue weighted by atomic mass is 10.0. The molecule has 3 rings (SSSR count). The molecule has 5 heteroatoms. The molecule has 0 spiro atoms. The second-order valence-electron chi connectivity index (χ2n) is 5.53. The van der Waals surface area contributed by atoms with Crippen molar-refractivity contribution in [1.29, 1.82) is 5.26 Å². The van der Waals surface area contributed by atoms with Gasteiger partial charge in [-0.3, -0.25) is 0 Å². The first-order chi connectivity index (χ1) is 12.8. The van der Waals surface area contributed by atoms with Crippen LogP contribution < -0.4 is 9.05 Å². The van der Waals surface area contributed by atoms with Crippen molar-refractivity contribution in [3.8, 4) is 17.6 Å². The molecule has 0 aromatic heterocycles. The van der Waals surface area contributed by atoms with Crippen molar-refractivity contribution in [1.82, 2.24) is 0 Å². The van der Waals surface area contributed by atoms with E-state index in [9.17, 15) is 5.26 Å². The maximum Gasteiger partial charge on any atom is 0.292 e. The number of rotatable bonds is 7. The van der Waals surface area contributed by atoms with E-state index < -0.39 is 14.3 Å². The van der Waals surface area contributed by atoms with Gasteiger partial charge in [0, 0.05) is 5.02 Å². The van der Waals surface area contributed by atoms with Crippen LogP contribution >= 0.6 is 20.0 Å². The van der Waals surface area contributed by atoms with Gasteiger partial charge in [-0.25, -0.2) is 0 Å². The van der Waals surface area contributed by atoms with Gasteiger partial charge in [0.05, 0.1) is 18.1 Å². The minimum absolute atomic E-state index is 0.415. The highest BCUT2D eigenvalue weighted by molar-refractivity contribution is 7.48. The summed E-state index contributed by atoms with van der Waals surface area (Å²) in [6.07, 6.45) is 0.416. The summed E-state index contributed by atoms with van der Waals surface area (Å²) < 4.78 is 12.1. The van der Waals surface area contributed by atoms with Crippen LogP contribution in [0.5, 0.6) is 11.5 Å². The van der Waals surface area contributed by atoms with Gasteiger partial charge in [-0.2, -0.15) is 5.26 Å². The zero-order chi connectivity index (χ0) is 18.2. The van der Waals surface area contributed by atoms with Crippen molar-refractivity contribution in [2.75, 3.05) is 6.16 Å². The Bertz CT molecular complexity index is 826. The summed E-state index contributed by atoms with van der Waals surface area (Å²) in [5.41, 5.74) is 0.789. The van der Waals surface area contributed by atoms with E-state index in [2.05, 4.69) is 6.07 Å². The van der Waals surface area contributed by atoms with Crippen LogP contribution in [0.25, 0.3) is 0 Å². The van der Waals surface area contributed by atoms with Crippen molar-refractivity contribution in [3.63, 3.8) is 0 Å². The number of para-hydroxylation sites is 2. The van der Waals surface area contributed by atoms with E-state index in [1.54, 1.807) is 6.07 Å². The molecule has 0 bridgehead atoms. The van der Waals surface area contributed by atoms with E-state index in [0.29, 0.717) is 22.7 Å². The molecule has 0 saturated heterocycles. The second kappa shape index (κ2) is 9.25. The maximum absolute atomic E-state index is 9.68. The van der Waals surface area contributed by atoms with Crippen LogP contribution in [0.1, 0.15) is 11.5 Å². The van der Waals surface area contributed by atoms with E-state index in [1.807, 2.05) is 78.9 Å². The van der Waals surface area contributed by atoms with Crippen LogP contribution in [0.3, 0.4) is 0 Å². The molecular formula is C21H17ClNO2P. The molecule has 0 aliphatic rings. The number of halogens is 1. The third-order valence-electron chi connectivity index (χ3n) is 3.67. The highest BCUT2D eigenvalue weighted by atomic mass is 35.5. The summed E-state index contributed by atoms with van der Waals surface area (Å²) in [6, 6.07) is 28.7. The summed E-state index contributed by atoms with van der Waals surface area (Å²) in [6.45, 7) is 0. The Kier molecular flexibility index (Phi) is 6.50. The Labute approximate surface area is 159 Å². The van der Waals surface area contributed by atoms with E-state index in [4.69, 9.17) is 20.6 Å². The van der Waals surface area contributed by atoms with Crippen LogP contribution in [0.15, 0.2) is 84.9 Å². The third-order valence-corrected chi connectivity index (χ3v) is 5.51. The van der Waals surface area contributed by atoms with Gasteiger partial charge < -0.3 is 9.05 Å². The molecule has 26 heavy (non-hydrogen) atoms. The molecule has 130 valence electrons. The van der Waals surface area contributed by atoms with Crippen LogP contribution in [0.4, 0.5) is 0 Å². The summed E-state index contributed by atoms with van der Waals surface area (Å²) >= 11 is 6.28. The molecule has 0 fully saturated rings. The quantitative estimate of drug-likeness (QED) is 0.443. The van der Waals surface area contributed by atoms with Crippen LogP contribution in [-0.2, 0) is 0 Å². The van der Waals surface area contributed by atoms with Crippen molar-refractivity contribution in [3.05, 3.63) is 95.5 Å². The molecule has 0 saturated carbocycles. The number of nitrogens with zero attached hydrogens (tertiary/aromatic N) is 1. The molecule has 0 aliphatic heterocycles. The molecule has 0 aliphatic carbocycles. The number of hydrogen-bond donors (Lipinski definition) is 0. The van der Waals surface area contributed by atoms with Crippen molar-refractivity contribution < 1.29 is 9.05 Å². The fourth-order valence-electron chi connectivity index (χ4n) is 2.41. The molecule has 1 unspecified atom stereocenters. The normalized spacial score (nSPS) is 11.6. The van der Waals surface area contributed by atoms with Gasteiger partial charge in [0.1, 0.15) is 11.5 Å². The number of hydrogen-bond acceptors (Lipinski definition) is 3. The smallest absolute Gasteiger partial charge is 0.292 e. The van der Waals surface area contributed by atoms with Crippen molar-refractivity contribution in [2.45, 2.75) is 5.92 Å². The van der Waals surface area contributed by atoms with Gasteiger partial charge in [0.2, 0.25) is 0 Å². The molecule has 3 aromatic rings. The predicted molar refractivity (Wildman–Crippen MR) is 106 cm³/mol. The fourth-order valence-corrected chi connectivity index (χ4v) is 4.15. The SMILES string of the molecule is N#CC(CP(Oc1ccccc1)Oc1ccccc1)c1ccccc1Cl. The van der Waals surface area contributed by atoms with E-state index in [-0.39, 0.29) is 0 Å². The van der Waals surface area contributed by atoms with E-state index in [1.165, 1.54) is 0 Å².